The minimum absolute atomic E-state index is 0.130. The smallest absolute Gasteiger partial charge is 0.232 e. The summed E-state index contributed by atoms with van der Waals surface area (Å²) in [5.41, 5.74) is 1.14. The lowest BCUT2D eigenvalue weighted by Gasteiger charge is -2.40. The van der Waals surface area contributed by atoms with Crippen LogP contribution in [-0.2, 0) is 4.79 Å². The van der Waals surface area contributed by atoms with E-state index in [-0.39, 0.29) is 5.41 Å². The minimum Gasteiger partial charge on any atom is -0.316 e. The molecule has 13 heavy (non-hydrogen) atoms. The zero-order valence-electron chi connectivity index (χ0n) is 8.47. The van der Waals surface area contributed by atoms with Gasteiger partial charge in [-0.25, -0.2) is 0 Å². The molecule has 0 aromatic carbocycles. The second-order valence-electron chi connectivity index (χ2n) is 4.68. The molecule has 2 aliphatic heterocycles. The maximum absolute atomic E-state index is 12.0. The van der Waals surface area contributed by atoms with Gasteiger partial charge in [-0.2, -0.15) is 0 Å². The van der Waals surface area contributed by atoms with Crippen LogP contribution in [0.4, 0.5) is 0 Å². The topological polar surface area (TPSA) is 20.3 Å². The summed E-state index contributed by atoms with van der Waals surface area (Å²) in [6.07, 6.45) is 6.61. The Hall–Kier alpha value is -0.790. The van der Waals surface area contributed by atoms with Crippen molar-refractivity contribution in [1.82, 2.24) is 4.90 Å². The molecule has 2 heterocycles. The quantitative estimate of drug-likeness (QED) is 0.559. The van der Waals surface area contributed by atoms with Gasteiger partial charge in [-0.1, -0.05) is 19.9 Å². The Balaban J connectivity index is 2.26. The highest BCUT2D eigenvalue weighted by molar-refractivity contribution is 5.84. The number of fused-ring (bicyclic) bond motifs is 1. The molecule has 1 amide bonds. The summed E-state index contributed by atoms with van der Waals surface area (Å²) >= 11 is 0. The van der Waals surface area contributed by atoms with E-state index in [1.54, 1.807) is 0 Å². The van der Waals surface area contributed by atoms with Gasteiger partial charge in [-0.05, 0) is 25.7 Å². The monoisotopic (exact) mass is 179 g/mol. The van der Waals surface area contributed by atoms with E-state index in [0.717, 1.165) is 32.2 Å². The standard InChI is InChI=1S/C11H17NO/c1-11(2)7-6-9-5-3-4-8-12(9)10(11)13/h5H,3-4,6-8H2,1-2H3. The molecule has 1 saturated heterocycles. The number of carbonyl (C=O) groups excluding carboxylic acids is 1. The summed E-state index contributed by atoms with van der Waals surface area (Å²) in [4.78, 5) is 14.0. The van der Waals surface area contributed by atoms with Crippen LogP contribution in [0.3, 0.4) is 0 Å². The third kappa shape index (κ3) is 1.38. The molecule has 0 aromatic heterocycles. The highest BCUT2D eigenvalue weighted by atomic mass is 16.2. The first-order valence-corrected chi connectivity index (χ1v) is 5.12. The molecule has 0 unspecified atom stereocenters. The van der Waals surface area contributed by atoms with E-state index >= 15 is 0 Å². The Kier molecular flexibility index (Phi) is 1.94. The molecular weight excluding hydrogens is 162 g/mol. The molecule has 0 aliphatic carbocycles. The summed E-state index contributed by atoms with van der Waals surface area (Å²) < 4.78 is 0. The van der Waals surface area contributed by atoms with E-state index < -0.39 is 0 Å². The van der Waals surface area contributed by atoms with Crippen LogP contribution in [0.5, 0.6) is 0 Å². The molecule has 2 aliphatic rings. The van der Waals surface area contributed by atoms with E-state index in [0.29, 0.717) is 5.91 Å². The second kappa shape index (κ2) is 2.86. The van der Waals surface area contributed by atoms with Crippen molar-refractivity contribution in [3.8, 4) is 0 Å². The fourth-order valence-electron chi connectivity index (χ4n) is 2.15. The first-order valence-electron chi connectivity index (χ1n) is 5.12. The Labute approximate surface area is 79.6 Å². The first-order chi connectivity index (χ1) is 6.11. The average Bonchev–Trinajstić information content (AvgIpc) is 2.13. The molecule has 0 radical (unpaired) electrons. The summed E-state index contributed by atoms with van der Waals surface area (Å²) in [7, 11) is 0. The van der Waals surface area contributed by atoms with Crippen LogP contribution in [0.1, 0.15) is 39.5 Å². The van der Waals surface area contributed by atoms with Gasteiger partial charge in [0.05, 0.1) is 0 Å². The van der Waals surface area contributed by atoms with Gasteiger partial charge >= 0.3 is 0 Å². The van der Waals surface area contributed by atoms with Gasteiger partial charge < -0.3 is 4.90 Å². The summed E-state index contributed by atoms with van der Waals surface area (Å²) in [6, 6.07) is 0. The van der Waals surface area contributed by atoms with Gasteiger partial charge in [0.15, 0.2) is 0 Å². The highest BCUT2D eigenvalue weighted by Crippen LogP contribution is 2.36. The number of hydrogen-bond donors (Lipinski definition) is 0. The number of amides is 1. The third-order valence-corrected chi connectivity index (χ3v) is 3.14. The number of carbonyl (C=O) groups is 1. The van der Waals surface area contributed by atoms with Crippen LogP contribution in [0.15, 0.2) is 11.8 Å². The van der Waals surface area contributed by atoms with Crippen molar-refractivity contribution in [2.45, 2.75) is 39.5 Å². The Morgan fingerprint density at radius 3 is 3.00 bits per heavy atom. The SMILES string of the molecule is CC1(C)CCC2=CCCCN2C1=O. The zero-order valence-corrected chi connectivity index (χ0v) is 8.47. The van der Waals surface area contributed by atoms with Crippen LogP contribution in [0, 0.1) is 5.41 Å². The average molecular weight is 179 g/mol. The predicted octanol–water partition coefficient (Wildman–Crippen LogP) is 2.31. The lowest BCUT2D eigenvalue weighted by molar-refractivity contribution is -0.141. The second-order valence-corrected chi connectivity index (χ2v) is 4.68. The molecule has 0 bridgehead atoms. The van der Waals surface area contributed by atoms with Gasteiger partial charge in [-0.3, -0.25) is 4.79 Å². The highest BCUT2D eigenvalue weighted by Gasteiger charge is 2.38. The summed E-state index contributed by atoms with van der Waals surface area (Å²) in [5, 5.41) is 0. The molecule has 0 atom stereocenters. The molecule has 2 rings (SSSR count). The van der Waals surface area contributed by atoms with E-state index in [2.05, 4.69) is 19.9 Å². The maximum Gasteiger partial charge on any atom is 0.232 e. The molecule has 2 heteroatoms. The number of allylic oxidation sites excluding steroid dienone is 2. The molecule has 0 aromatic rings. The van der Waals surface area contributed by atoms with E-state index in [9.17, 15) is 4.79 Å². The van der Waals surface area contributed by atoms with Crippen molar-refractivity contribution in [2.24, 2.45) is 5.41 Å². The van der Waals surface area contributed by atoms with E-state index in [1.807, 2.05) is 4.90 Å². The van der Waals surface area contributed by atoms with Crippen LogP contribution >= 0.6 is 0 Å². The Bertz CT molecular complexity index is 265. The van der Waals surface area contributed by atoms with Crippen molar-refractivity contribution >= 4 is 5.91 Å². The molecule has 0 saturated carbocycles. The third-order valence-electron chi connectivity index (χ3n) is 3.14. The van der Waals surface area contributed by atoms with E-state index in [4.69, 9.17) is 0 Å². The molecule has 0 N–H and O–H groups in total. The largest absolute Gasteiger partial charge is 0.316 e. The Morgan fingerprint density at radius 1 is 1.46 bits per heavy atom. The minimum atomic E-state index is -0.130. The van der Waals surface area contributed by atoms with Gasteiger partial charge in [0.2, 0.25) is 5.91 Å². The first kappa shape index (κ1) is 8.79. The lowest BCUT2D eigenvalue weighted by atomic mass is 9.81. The number of hydrogen-bond acceptors (Lipinski definition) is 1. The Morgan fingerprint density at radius 2 is 2.23 bits per heavy atom. The van der Waals surface area contributed by atoms with Crippen molar-refractivity contribution in [3.63, 3.8) is 0 Å². The summed E-state index contributed by atoms with van der Waals surface area (Å²) in [5.74, 6) is 0.324. The van der Waals surface area contributed by atoms with Crippen LogP contribution < -0.4 is 0 Å². The van der Waals surface area contributed by atoms with Crippen molar-refractivity contribution in [1.29, 1.82) is 0 Å². The number of nitrogens with zero attached hydrogens (tertiary/aromatic N) is 1. The molecule has 72 valence electrons. The molecule has 2 nitrogen and oxygen atoms in total. The van der Waals surface area contributed by atoms with Gasteiger partial charge in [0.1, 0.15) is 0 Å². The van der Waals surface area contributed by atoms with E-state index in [1.165, 1.54) is 5.70 Å². The normalized spacial score (nSPS) is 26.8. The van der Waals surface area contributed by atoms with Gasteiger partial charge in [0, 0.05) is 17.7 Å². The number of rotatable bonds is 0. The fourth-order valence-corrected chi connectivity index (χ4v) is 2.15. The van der Waals surface area contributed by atoms with Crippen molar-refractivity contribution in [3.05, 3.63) is 11.8 Å². The maximum atomic E-state index is 12.0. The van der Waals surface area contributed by atoms with Gasteiger partial charge in [-0.15, -0.1) is 0 Å². The molecule has 0 spiro atoms. The fraction of sp³-hybridized carbons (Fsp3) is 0.727. The van der Waals surface area contributed by atoms with Crippen LogP contribution in [-0.4, -0.2) is 17.4 Å². The predicted molar refractivity (Wildman–Crippen MR) is 52.0 cm³/mol. The zero-order chi connectivity index (χ0) is 9.47. The van der Waals surface area contributed by atoms with Crippen LogP contribution in [0.2, 0.25) is 0 Å². The van der Waals surface area contributed by atoms with Crippen LogP contribution in [0.25, 0.3) is 0 Å². The number of piperidine rings is 1. The summed E-state index contributed by atoms with van der Waals surface area (Å²) in [6.45, 7) is 5.05. The molecular formula is C11H17NO. The van der Waals surface area contributed by atoms with Crippen molar-refractivity contribution in [2.75, 3.05) is 6.54 Å². The van der Waals surface area contributed by atoms with Crippen molar-refractivity contribution < 1.29 is 4.79 Å². The molecule has 1 fully saturated rings. The lowest BCUT2D eigenvalue weighted by Crippen LogP contribution is -2.45. The van der Waals surface area contributed by atoms with Gasteiger partial charge in [0.25, 0.3) is 0 Å².